The normalized spacial score (nSPS) is 17.2. The zero-order chi connectivity index (χ0) is 42.0. The van der Waals surface area contributed by atoms with Gasteiger partial charge in [0.15, 0.2) is 5.79 Å². The van der Waals surface area contributed by atoms with Crippen molar-refractivity contribution in [1.29, 1.82) is 0 Å². The van der Waals surface area contributed by atoms with Crippen LogP contribution in [-0.4, -0.2) is 34.1 Å². The second-order valence-corrected chi connectivity index (χ2v) is 15.3. The van der Waals surface area contributed by atoms with Crippen molar-refractivity contribution in [3.63, 3.8) is 0 Å². The molecule has 7 aromatic rings. The lowest BCUT2D eigenvalue weighted by molar-refractivity contribution is -0.293. The predicted molar refractivity (Wildman–Crippen MR) is 241 cm³/mol. The summed E-state index contributed by atoms with van der Waals surface area (Å²) in [4.78, 5) is 0. The minimum Gasteiger partial charge on any atom is -0.392 e. The summed E-state index contributed by atoms with van der Waals surface area (Å²) in [5.41, 5.74) is 8.23. The number of fused-ring (bicyclic) bond motifs is 1. The highest BCUT2D eigenvalue weighted by atomic mass is 35.5. The summed E-state index contributed by atoms with van der Waals surface area (Å²) >= 11 is 7.04. The average Bonchev–Trinajstić information content (AvgIpc) is 3.31. The van der Waals surface area contributed by atoms with Crippen LogP contribution in [-0.2, 0) is 59.3 Å². The van der Waals surface area contributed by atoms with Gasteiger partial charge in [0.05, 0.1) is 50.3 Å². The summed E-state index contributed by atoms with van der Waals surface area (Å²) in [6.45, 7) is 3.70. The Morgan fingerprint density at radius 3 is 1.60 bits per heavy atom. The molecule has 0 amide bonds. The molecule has 310 valence electrons. The van der Waals surface area contributed by atoms with Crippen LogP contribution in [0.5, 0.6) is 0 Å². The molecule has 0 aliphatic carbocycles. The molecule has 1 aliphatic rings. The molecule has 0 saturated carbocycles. The van der Waals surface area contributed by atoms with Gasteiger partial charge in [-0.05, 0) is 63.2 Å². The van der Waals surface area contributed by atoms with Gasteiger partial charge in [-0.2, -0.15) is 0 Å². The highest BCUT2D eigenvalue weighted by Gasteiger charge is 2.43. The first-order valence-corrected chi connectivity index (χ1v) is 21.0. The average molecular weight is 823 g/mol. The van der Waals surface area contributed by atoms with Crippen molar-refractivity contribution in [2.45, 2.75) is 77.0 Å². The van der Waals surface area contributed by atoms with Gasteiger partial charge in [-0.1, -0.05) is 188 Å². The van der Waals surface area contributed by atoms with E-state index in [2.05, 4.69) is 43.3 Å². The molecule has 0 aromatic heterocycles. The van der Waals surface area contributed by atoms with E-state index in [0.717, 1.165) is 50.6 Å². The lowest BCUT2D eigenvalue weighted by Crippen LogP contribution is -2.46. The SMILES string of the molecule is CCc1ccc(Cc2cc([C@@]3(O)CC(OCc4ccccc4)CC(COCc4ccccc4)O3)c3ccccc3c2Cl)cc1.OCc1ccccc1.OCc1ccccc1. The maximum absolute atomic E-state index is 12.4. The molecule has 1 fully saturated rings. The van der Waals surface area contributed by atoms with Gasteiger partial charge in [0.25, 0.3) is 0 Å². The number of rotatable bonds is 13. The van der Waals surface area contributed by atoms with Crippen LogP contribution in [0.4, 0.5) is 0 Å². The molecule has 60 heavy (non-hydrogen) atoms. The van der Waals surface area contributed by atoms with Crippen LogP contribution in [0.2, 0.25) is 5.02 Å². The topological polar surface area (TPSA) is 88.4 Å². The van der Waals surface area contributed by atoms with Gasteiger partial charge in [-0.15, -0.1) is 0 Å². The molecule has 2 unspecified atom stereocenters. The molecule has 0 bridgehead atoms. The molecular formula is C53H55ClO6. The smallest absolute Gasteiger partial charge is 0.195 e. The fourth-order valence-electron chi connectivity index (χ4n) is 7.26. The first-order chi connectivity index (χ1) is 29.4. The van der Waals surface area contributed by atoms with E-state index in [9.17, 15) is 5.11 Å². The highest BCUT2D eigenvalue weighted by Crippen LogP contribution is 2.43. The van der Waals surface area contributed by atoms with Crippen molar-refractivity contribution in [2.75, 3.05) is 6.61 Å². The van der Waals surface area contributed by atoms with Gasteiger partial charge in [0.1, 0.15) is 0 Å². The molecule has 6 nitrogen and oxygen atoms in total. The molecule has 1 saturated heterocycles. The van der Waals surface area contributed by atoms with Crippen molar-refractivity contribution in [3.05, 3.63) is 225 Å². The van der Waals surface area contributed by atoms with Crippen molar-refractivity contribution in [1.82, 2.24) is 0 Å². The first-order valence-electron chi connectivity index (χ1n) is 20.6. The molecule has 7 aromatic carbocycles. The van der Waals surface area contributed by atoms with Gasteiger partial charge in [-0.25, -0.2) is 0 Å². The fourth-order valence-corrected chi connectivity index (χ4v) is 7.55. The van der Waals surface area contributed by atoms with E-state index in [-0.39, 0.29) is 25.4 Å². The minimum absolute atomic E-state index is 0.140. The summed E-state index contributed by atoms with van der Waals surface area (Å²) in [5.74, 6) is -1.59. The third kappa shape index (κ3) is 12.9. The van der Waals surface area contributed by atoms with Gasteiger partial charge in [-0.3, -0.25) is 0 Å². The van der Waals surface area contributed by atoms with E-state index in [1.165, 1.54) is 5.56 Å². The molecule has 8 rings (SSSR count). The summed E-state index contributed by atoms with van der Waals surface area (Å²) in [7, 11) is 0. The Morgan fingerprint density at radius 1 is 0.600 bits per heavy atom. The van der Waals surface area contributed by atoms with E-state index in [0.29, 0.717) is 49.7 Å². The van der Waals surface area contributed by atoms with E-state index in [1.54, 1.807) is 0 Å². The number of benzene rings is 7. The van der Waals surface area contributed by atoms with Crippen LogP contribution >= 0.6 is 11.6 Å². The molecule has 3 N–H and O–H groups in total. The molecule has 7 heteroatoms. The molecule has 1 heterocycles. The lowest BCUT2D eigenvalue weighted by atomic mass is 9.87. The van der Waals surface area contributed by atoms with Crippen LogP contribution in [0.3, 0.4) is 0 Å². The van der Waals surface area contributed by atoms with Crippen LogP contribution < -0.4 is 0 Å². The number of ether oxygens (including phenoxy) is 3. The van der Waals surface area contributed by atoms with Crippen LogP contribution in [0.1, 0.15) is 64.3 Å². The van der Waals surface area contributed by atoms with Crippen LogP contribution in [0.15, 0.2) is 176 Å². The fraction of sp³-hybridized carbons (Fsp3) is 0.245. The van der Waals surface area contributed by atoms with Gasteiger partial charge < -0.3 is 29.5 Å². The third-order valence-corrected chi connectivity index (χ3v) is 10.9. The number of aliphatic hydroxyl groups excluding tert-OH is 2. The van der Waals surface area contributed by atoms with Gasteiger partial charge in [0.2, 0.25) is 0 Å². The first kappa shape index (κ1) is 44.4. The number of halogens is 1. The van der Waals surface area contributed by atoms with Gasteiger partial charge >= 0.3 is 0 Å². The van der Waals surface area contributed by atoms with Gasteiger partial charge in [0, 0.05) is 23.8 Å². The maximum Gasteiger partial charge on any atom is 0.195 e. The van der Waals surface area contributed by atoms with Crippen LogP contribution in [0.25, 0.3) is 10.8 Å². The molecule has 1 aliphatic heterocycles. The van der Waals surface area contributed by atoms with E-state index < -0.39 is 5.79 Å². The quantitative estimate of drug-likeness (QED) is 0.107. The van der Waals surface area contributed by atoms with E-state index in [1.807, 2.05) is 140 Å². The number of aliphatic hydroxyl groups is 3. The maximum atomic E-state index is 12.4. The molecule has 0 radical (unpaired) electrons. The lowest BCUT2D eigenvalue weighted by Gasteiger charge is -2.42. The molecule has 3 atom stereocenters. The second kappa shape index (κ2) is 23.0. The third-order valence-electron chi connectivity index (χ3n) is 10.5. The van der Waals surface area contributed by atoms with Crippen LogP contribution in [0, 0.1) is 0 Å². The van der Waals surface area contributed by atoms with E-state index in [4.69, 9.17) is 36.0 Å². The Morgan fingerprint density at radius 2 is 1.08 bits per heavy atom. The Kier molecular flexibility index (Phi) is 17.0. The summed E-state index contributed by atoms with van der Waals surface area (Å²) in [5, 5.41) is 32.0. The van der Waals surface area contributed by atoms with Crippen molar-refractivity contribution < 1.29 is 29.5 Å². The van der Waals surface area contributed by atoms with Crippen molar-refractivity contribution >= 4 is 22.4 Å². The zero-order valence-electron chi connectivity index (χ0n) is 34.2. The Labute approximate surface area is 359 Å². The standard InChI is InChI=1S/C39H39ClO4.2C7H8O/c1-2-28-17-19-29(20-18-28)21-32-22-37(35-15-9-10-16-36(35)38(32)40)39(41)24-33(43-26-31-13-7-4-8-14-31)23-34(44-39)27-42-25-30-11-5-3-6-12-30;2*8-6-7-4-2-1-3-5-7/h3-20,22,33-34,41H,2,21,23-27H2,1H3;2*1-5,8H,6H2/t33?,34?,39-;;/m1../s1. The van der Waals surface area contributed by atoms with Crippen molar-refractivity contribution in [3.8, 4) is 0 Å². The predicted octanol–water partition coefficient (Wildman–Crippen LogP) is 11.1. The number of hydrogen-bond acceptors (Lipinski definition) is 6. The zero-order valence-corrected chi connectivity index (χ0v) is 35.0. The largest absolute Gasteiger partial charge is 0.392 e. The Hall–Kier alpha value is -5.15. The second-order valence-electron chi connectivity index (χ2n) is 15.0. The minimum atomic E-state index is -1.59. The number of aryl methyl sites for hydroxylation is 1. The molecule has 0 spiro atoms. The summed E-state index contributed by atoms with van der Waals surface area (Å²) in [6.07, 6.45) is 1.96. The summed E-state index contributed by atoms with van der Waals surface area (Å²) in [6, 6.07) is 57.9. The summed E-state index contributed by atoms with van der Waals surface area (Å²) < 4.78 is 19.1. The Bertz CT molecular complexity index is 2250. The van der Waals surface area contributed by atoms with Crippen molar-refractivity contribution in [2.24, 2.45) is 0 Å². The highest BCUT2D eigenvalue weighted by molar-refractivity contribution is 6.36. The Balaban J connectivity index is 0.000000313. The van der Waals surface area contributed by atoms with E-state index >= 15 is 0 Å². The monoisotopic (exact) mass is 822 g/mol. The number of hydrogen-bond donors (Lipinski definition) is 3. The molecular weight excluding hydrogens is 768 g/mol.